The summed E-state index contributed by atoms with van der Waals surface area (Å²) in [6.45, 7) is 1.60. The van der Waals surface area contributed by atoms with Gasteiger partial charge in [0.25, 0.3) is 0 Å². The van der Waals surface area contributed by atoms with Crippen molar-refractivity contribution in [2.75, 3.05) is 0 Å². The number of carbonyl (C=O) groups excluding carboxylic acids is 1. The van der Waals surface area contributed by atoms with E-state index in [0.717, 1.165) is 25.7 Å². The van der Waals surface area contributed by atoms with Crippen LogP contribution >= 0.6 is 0 Å². The van der Waals surface area contributed by atoms with E-state index < -0.39 is 6.10 Å². The van der Waals surface area contributed by atoms with Crippen LogP contribution < -0.4 is 0 Å². The zero-order valence-electron chi connectivity index (χ0n) is 8.61. The molecule has 3 nitrogen and oxygen atoms in total. The Balaban J connectivity index is 2.25. The van der Waals surface area contributed by atoms with Crippen LogP contribution in [0.5, 0.6) is 0 Å². The van der Waals surface area contributed by atoms with E-state index >= 15 is 0 Å². The molecule has 0 aromatic carbocycles. The Labute approximate surface area is 84.8 Å². The Morgan fingerprint density at radius 1 is 1.43 bits per heavy atom. The summed E-state index contributed by atoms with van der Waals surface area (Å²) in [6.07, 6.45) is 7.75. The highest BCUT2D eigenvalue weighted by molar-refractivity contribution is 5.82. The van der Waals surface area contributed by atoms with Crippen LogP contribution in [0.4, 0.5) is 0 Å². The molecule has 80 valence electrons. The Kier molecular flexibility index (Phi) is 4.66. The minimum absolute atomic E-state index is 0.0925. The van der Waals surface area contributed by atoms with Crippen LogP contribution in [0.1, 0.15) is 39.0 Å². The average Bonchev–Trinajstić information content (AvgIpc) is 2.16. The Hall–Kier alpha value is -0.830. The van der Waals surface area contributed by atoms with Gasteiger partial charge < -0.3 is 9.84 Å². The highest BCUT2D eigenvalue weighted by Crippen LogP contribution is 2.20. The third-order valence-electron chi connectivity index (χ3n) is 2.35. The van der Waals surface area contributed by atoms with Crippen molar-refractivity contribution in [3.05, 3.63) is 12.2 Å². The highest BCUT2D eigenvalue weighted by Gasteiger charge is 2.16. The molecule has 0 amide bonds. The predicted molar refractivity (Wildman–Crippen MR) is 53.8 cm³/mol. The SMILES string of the molecule is CC(O)C=CC(=O)OC1CCCCC1. The van der Waals surface area contributed by atoms with E-state index in [1.807, 2.05) is 0 Å². The molecule has 1 rings (SSSR count). The lowest BCUT2D eigenvalue weighted by molar-refractivity contribution is -0.144. The molecule has 0 saturated heterocycles. The molecule has 3 heteroatoms. The lowest BCUT2D eigenvalue weighted by Gasteiger charge is -2.20. The van der Waals surface area contributed by atoms with Crippen LogP contribution in [0.2, 0.25) is 0 Å². The summed E-state index contributed by atoms with van der Waals surface area (Å²) < 4.78 is 5.20. The van der Waals surface area contributed by atoms with Crippen molar-refractivity contribution in [2.45, 2.75) is 51.2 Å². The molecule has 0 radical (unpaired) electrons. The molecule has 1 saturated carbocycles. The maximum atomic E-state index is 11.2. The van der Waals surface area contributed by atoms with E-state index in [-0.39, 0.29) is 12.1 Å². The zero-order chi connectivity index (χ0) is 10.4. The standard InChI is InChI=1S/C11H18O3/c1-9(12)7-8-11(13)14-10-5-3-2-4-6-10/h7-10,12H,2-6H2,1H3. The molecule has 1 aliphatic rings. The average molecular weight is 198 g/mol. The van der Waals surface area contributed by atoms with E-state index in [1.165, 1.54) is 18.6 Å². The number of hydrogen-bond acceptors (Lipinski definition) is 3. The van der Waals surface area contributed by atoms with E-state index in [2.05, 4.69) is 0 Å². The van der Waals surface area contributed by atoms with Gasteiger partial charge >= 0.3 is 5.97 Å². The molecule has 1 atom stereocenters. The minimum Gasteiger partial charge on any atom is -0.459 e. The van der Waals surface area contributed by atoms with Crippen LogP contribution in [0.15, 0.2) is 12.2 Å². The molecular formula is C11H18O3. The summed E-state index contributed by atoms with van der Waals surface area (Å²) in [5.41, 5.74) is 0. The van der Waals surface area contributed by atoms with Crippen molar-refractivity contribution < 1.29 is 14.6 Å². The van der Waals surface area contributed by atoms with Crippen molar-refractivity contribution >= 4 is 5.97 Å². The molecule has 0 bridgehead atoms. The molecule has 1 N–H and O–H groups in total. The van der Waals surface area contributed by atoms with E-state index in [1.54, 1.807) is 6.92 Å². The van der Waals surface area contributed by atoms with Crippen molar-refractivity contribution in [1.82, 2.24) is 0 Å². The first kappa shape index (κ1) is 11.2. The molecule has 0 spiro atoms. The maximum Gasteiger partial charge on any atom is 0.330 e. The van der Waals surface area contributed by atoms with Crippen LogP contribution in [0, 0.1) is 0 Å². The van der Waals surface area contributed by atoms with Gasteiger partial charge in [-0.25, -0.2) is 4.79 Å². The monoisotopic (exact) mass is 198 g/mol. The van der Waals surface area contributed by atoms with Crippen molar-refractivity contribution in [3.63, 3.8) is 0 Å². The second-order valence-electron chi connectivity index (χ2n) is 3.80. The lowest BCUT2D eigenvalue weighted by Crippen LogP contribution is -2.19. The van der Waals surface area contributed by atoms with Gasteiger partial charge in [-0.2, -0.15) is 0 Å². The number of aliphatic hydroxyl groups is 1. The summed E-state index contributed by atoms with van der Waals surface area (Å²) in [5.74, 6) is -0.335. The number of rotatable bonds is 3. The van der Waals surface area contributed by atoms with Gasteiger partial charge in [-0.3, -0.25) is 0 Å². The molecule has 0 aliphatic heterocycles. The smallest absolute Gasteiger partial charge is 0.330 e. The summed E-state index contributed by atoms with van der Waals surface area (Å²) in [4.78, 5) is 11.2. The Morgan fingerprint density at radius 2 is 2.07 bits per heavy atom. The number of hydrogen-bond donors (Lipinski definition) is 1. The third-order valence-corrected chi connectivity index (χ3v) is 2.35. The summed E-state index contributed by atoms with van der Waals surface area (Å²) in [7, 11) is 0. The summed E-state index contributed by atoms with van der Waals surface area (Å²) in [6, 6.07) is 0. The van der Waals surface area contributed by atoms with Crippen LogP contribution in [0.3, 0.4) is 0 Å². The first-order chi connectivity index (χ1) is 6.68. The molecular weight excluding hydrogens is 180 g/mol. The van der Waals surface area contributed by atoms with Gasteiger partial charge in [0.2, 0.25) is 0 Å². The molecule has 1 aliphatic carbocycles. The Morgan fingerprint density at radius 3 is 2.64 bits per heavy atom. The van der Waals surface area contributed by atoms with Crippen molar-refractivity contribution in [3.8, 4) is 0 Å². The van der Waals surface area contributed by atoms with Gasteiger partial charge in [0.05, 0.1) is 6.10 Å². The van der Waals surface area contributed by atoms with Gasteiger partial charge in [0, 0.05) is 6.08 Å². The summed E-state index contributed by atoms with van der Waals surface area (Å²) in [5, 5.41) is 8.91. The predicted octanol–water partition coefficient (Wildman–Crippen LogP) is 1.80. The molecule has 0 aromatic rings. The maximum absolute atomic E-state index is 11.2. The first-order valence-electron chi connectivity index (χ1n) is 5.25. The van der Waals surface area contributed by atoms with Gasteiger partial charge in [0.15, 0.2) is 0 Å². The third kappa shape index (κ3) is 4.42. The van der Waals surface area contributed by atoms with Gasteiger partial charge in [-0.1, -0.05) is 6.42 Å². The number of esters is 1. The van der Waals surface area contributed by atoms with Crippen molar-refractivity contribution in [1.29, 1.82) is 0 Å². The van der Waals surface area contributed by atoms with Gasteiger partial charge in [-0.15, -0.1) is 0 Å². The largest absolute Gasteiger partial charge is 0.459 e. The normalized spacial score (nSPS) is 21.0. The molecule has 0 aromatic heterocycles. The number of aliphatic hydroxyl groups excluding tert-OH is 1. The molecule has 14 heavy (non-hydrogen) atoms. The quantitative estimate of drug-likeness (QED) is 0.555. The van der Waals surface area contributed by atoms with Crippen LogP contribution in [-0.4, -0.2) is 23.3 Å². The second kappa shape index (κ2) is 5.81. The molecule has 0 heterocycles. The van der Waals surface area contributed by atoms with Gasteiger partial charge in [-0.05, 0) is 38.7 Å². The number of ether oxygens (including phenoxy) is 1. The van der Waals surface area contributed by atoms with Crippen molar-refractivity contribution in [2.24, 2.45) is 0 Å². The van der Waals surface area contributed by atoms with Crippen LogP contribution in [-0.2, 0) is 9.53 Å². The summed E-state index contributed by atoms with van der Waals surface area (Å²) >= 11 is 0. The minimum atomic E-state index is -0.589. The lowest BCUT2D eigenvalue weighted by atomic mass is 9.98. The Bertz CT molecular complexity index is 203. The first-order valence-corrected chi connectivity index (χ1v) is 5.25. The number of carbonyl (C=O) groups is 1. The fourth-order valence-corrected chi connectivity index (χ4v) is 1.60. The van der Waals surface area contributed by atoms with Gasteiger partial charge in [0.1, 0.15) is 6.10 Å². The molecule has 1 unspecified atom stereocenters. The van der Waals surface area contributed by atoms with Crippen LogP contribution in [0.25, 0.3) is 0 Å². The molecule has 1 fully saturated rings. The topological polar surface area (TPSA) is 46.5 Å². The van der Waals surface area contributed by atoms with E-state index in [4.69, 9.17) is 9.84 Å². The highest BCUT2D eigenvalue weighted by atomic mass is 16.5. The second-order valence-corrected chi connectivity index (χ2v) is 3.80. The van der Waals surface area contributed by atoms with E-state index in [0.29, 0.717) is 0 Å². The zero-order valence-corrected chi connectivity index (χ0v) is 8.61. The fourth-order valence-electron chi connectivity index (χ4n) is 1.60. The van der Waals surface area contributed by atoms with E-state index in [9.17, 15) is 4.79 Å². The fraction of sp³-hybridized carbons (Fsp3) is 0.727.